The summed E-state index contributed by atoms with van der Waals surface area (Å²) in [5.41, 5.74) is 2.52. The molecule has 1 aliphatic heterocycles. The molecular formula is C23H29N3O6. The van der Waals surface area contributed by atoms with Gasteiger partial charge in [-0.05, 0) is 43.9 Å². The Morgan fingerprint density at radius 3 is 2.81 bits per heavy atom. The number of aromatic nitrogens is 2. The minimum Gasteiger partial charge on any atom is -0.478 e. The van der Waals surface area contributed by atoms with Crippen molar-refractivity contribution >= 4 is 17.8 Å². The van der Waals surface area contributed by atoms with E-state index in [0.29, 0.717) is 51.1 Å². The molecule has 0 bridgehead atoms. The molecule has 2 aromatic rings. The van der Waals surface area contributed by atoms with Crippen molar-refractivity contribution in [3.05, 3.63) is 52.3 Å². The zero-order chi connectivity index (χ0) is 22.9. The van der Waals surface area contributed by atoms with Crippen LogP contribution in [0, 0.1) is 0 Å². The molecule has 0 radical (unpaired) electrons. The Labute approximate surface area is 186 Å². The van der Waals surface area contributed by atoms with Crippen LogP contribution in [-0.2, 0) is 28.9 Å². The van der Waals surface area contributed by atoms with Crippen molar-refractivity contribution in [2.24, 2.45) is 0 Å². The summed E-state index contributed by atoms with van der Waals surface area (Å²) in [5.74, 6) is -1.77. The summed E-state index contributed by atoms with van der Waals surface area (Å²) in [6, 6.07) is 5.75. The number of esters is 1. The zero-order valence-corrected chi connectivity index (χ0v) is 18.3. The number of carbonyl (C=O) groups is 3. The Hall–Kier alpha value is -3.20. The Bertz CT molecular complexity index is 969. The lowest BCUT2D eigenvalue weighted by molar-refractivity contribution is 0.0494. The van der Waals surface area contributed by atoms with Gasteiger partial charge < -0.3 is 19.9 Å². The van der Waals surface area contributed by atoms with Crippen molar-refractivity contribution in [2.75, 3.05) is 26.4 Å². The standard InChI is InChI=1S/C23H29N3O6/c1-2-18-20-19(9-4-12-31-13-5-10-24-21(20)27)26(25-18)11-6-14-32-23(30)17-8-3-7-16(15-17)22(28)29/h3,7-8,15H,2,4-6,9-14H2,1H3,(H,24,27)(H,28,29). The minimum atomic E-state index is -1.10. The number of hydrogen-bond donors (Lipinski definition) is 2. The molecule has 0 saturated carbocycles. The molecule has 0 unspecified atom stereocenters. The molecule has 1 aliphatic rings. The molecule has 0 fully saturated rings. The molecule has 9 heteroatoms. The van der Waals surface area contributed by atoms with Crippen molar-refractivity contribution in [1.29, 1.82) is 0 Å². The topological polar surface area (TPSA) is 120 Å². The summed E-state index contributed by atoms with van der Waals surface area (Å²) in [4.78, 5) is 36.1. The first-order valence-electron chi connectivity index (χ1n) is 11.0. The van der Waals surface area contributed by atoms with Crippen LogP contribution in [0.4, 0.5) is 0 Å². The molecule has 2 heterocycles. The maximum absolute atomic E-state index is 12.8. The van der Waals surface area contributed by atoms with E-state index in [1.807, 2.05) is 11.6 Å². The summed E-state index contributed by atoms with van der Waals surface area (Å²) in [6.45, 7) is 4.45. The van der Waals surface area contributed by atoms with Crippen LogP contribution in [0.25, 0.3) is 0 Å². The highest BCUT2D eigenvalue weighted by atomic mass is 16.5. The summed E-state index contributed by atoms with van der Waals surface area (Å²) in [6.07, 6.45) is 3.41. The predicted octanol–water partition coefficient (Wildman–Crippen LogP) is 2.47. The Morgan fingerprint density at radius 1 is 1.25 bits per heavy atom. The summed E-state index contributed by atoms with van der Waals surface area (Å²) >= 11 is 0. The number of carboxylic acids is 1. The quantitative estimate of drug-likeness (QED) is 0.498. The molecule has 3 rings (SSSR count). The van der Waals surface area contributed by atoms with E-state index in [4.69, 9.17) is 14.6 Å². The molecule has 32 heavy (non-hydrogen) atoms. The number of carbonyl (C=O) groups excluding carboxylic acids is 2. The van der Waals surface area contributed by atoms with E-state index in [1.54, 1.807) is 0 Å². The third-order valence-electron chi connectivity index (χ3n) is 5.24. The van der Waals surface area contributed by atoms with Gasteiger partial charge in [0.2, 0.25) is 0 Å². The third kappa shape index (κ3) is 5.94. The van der Waals surface area contributed by atoms with E-state index >= 15 is 0 Å². The molecule has 0 atom stereocenters. The van der Waals surface area contributed by atoms with Crippen molar-refractivity contribution in [1.82, 2.24) is 15.1 Å². The van der Waals surface area contributed by atoms with Crippen LogP contribution in [0.15, 0.2) is 24.3 Å². The monoisotopic (exact) mass is 443 g/mol. The first kappa shape index (κ1) is 23.5. The highest BCUT2D eigenvalue weighted by Crippen LogP contribution is 2.19. The molecule has 0 spiro atoms. The maximum atomic E-state index is 12.8. The van der Waals surface area contributed by atoms with E-state index in [0.717, 1.165) is 24.2 Å². The van der Waals surface area contributed by atoms with Gasteiger partial charge in [-0.2, -0.15) is 5.10 Å². The van der Waals surface area contributed by atoms with Crippen LogP contribution in [0.3, 0.4) is 0 Å². The summed E-state index contributed by atoms with van der Waals surface area (Å²) in [5, 5.41) is 16.7. The van der Waals surface area contributed by atoms with E-state index in [-0.39, 0.29) is 23.6 Å². The van der Waals surface area contributed by atoms with Crippen LogP contribution >= 0.6 is 0 Å². The van der Waals surface area contributed by atoms with Crippen LogP contribution in [-0.4, -0.2) is 59.1 Å². The normalized spacial score (nSPS) is 14.7. The number of aromatic carboxylic acids is 1. The van der Waals surface area contributed by atoms with Crippen LogP contribution < -0.4 is 5.32 Å². The van der Waals surface area contributed by atoms with E-state index < -0.39 is 11.9 Å². The number of nitrogens with zero attached hydrogens (tertiary/aromatic N) is 2. The number of nitrogens with one attached hydrogen (secondary N) is 1. The first-order valence-corrected chi connectivity index (χ1v) is 11.0. The van der Waals surface area contributed by atoms with Crippen LogP contribution in [0.5, 0.6) is 0 Å². The molecule has 1 amide bonds. The van der Waals surface area contributed by atoms with Crippen molar-refractivity contribution in [3.8, 4) is 0 Å². The number of aryl methyl sites for hydroxylation is 2. The molecule has 9 nitrogen and oxygen atoms in total. The van der Waals surface area contributed by atoms with E-state index in [2.05, 4.69) is 10.4 Å². The number of hydrogen-bond acceptors (Lipinski definition) is 6. The highest BCUT2D eigenvalue weighted by Gasteiger charge is 2.23. The van der Waals surface area contributed by atoms with Crippen molar-refractivity contribution in [2.45, 2.75) is 45.6 Å². The second-order valence-electron chi connectivity index (χ2n) is 7.55. The van der Waals surface area contributed by atoms with Gasteiger partial charge in [-0.25, -0.2) is 9.59 Å². The molecule has 0 aliphatic carbocycles. The third-order valence-corrected chi connectivity index (χ3v) is 5.24. The van der Waals surface area contributed by atoms with Gasteiger partial charge in [0.25, 0.3) is 5.91 Å². The number of fused-ring (bicyclic) bond motifs is 1. The van der Waals surface area contributed by atoms with Gasteiger partial charge in [0.1, 0.15) is 0 Å². The largest absolute Gasteiger partial charge is 0.478 e. The van der Waals surface area contributed by atoms with Gasteiger partial charge in [-0.3, -0.25) is 9.48 Å². The zero-order valence-electron chi connectivity index (χ0n) is 18.3. The number of benzene rings is 1. The molecule has 1 aromatic heterocycles. The van der Waals surface area contributed by atoms with Crippen LogP contribution in [0.1, 0.15) is 68.6 Å². The number of rotatable bonds is 7. The smallest absolute Gasteiger partial charge is 0.338 e. The van der Waals surface area contributed by atoms with Gasteiger partial charge >= 0.3 is 11.9 Å². The molecule has 172 valence electrons. The fourth-order valence-electron chi connectivity index (χ4n) is 3.65. The lowest BCUT2D eigenvalue weighted by Gasteiger charge is -2.10. The van der Waals surface area contributed by atoms with Gasteiger partial charge in [-0.15, -0.1) is 0 Å². The number of carboxylic acid groups (broad SMARTS) is 1. The van der Waals surface area contributed by atoms with Gasteiger partial charge in [-0.1, -0.05) is 13.0 Å². The Morgan fingerprint density at radius 2 is 2.03 bits per heavy atom. The molecule has 1 aromatic carbocycles. The fraction of sp³-hybridized carbons (Fsp3) is 0.478. The maximum Gasteiger partial charge on any atom is 0.338 e. The average Bonchev–Trinajstić information content (AvgIpc) is 3.13. The molecular weight excluding hydrogens is 414 g/mol. The van der Waals surface area contributed by atoms with Gasteiger partial charge in [0, 0.05) is 32.7 Å². The van der Waals surface area contributed by atoms with Crippen molar-refractivity contribution < 1.29 is 29.0 Å². The van der Waals surface area contributed by atoms with Gasteiger partial charge in [0.15, 0.2) is 0 Å². The molecule has 0 saturated heterocycles. The first-order chi connectivity index (χ1) is 15.5. The summed E-state index contributed by atoms with van der Waals surface area (Å²) in [7, 11) is 0. The fourth-order valence-corrected chi connectivity index (χ4v) is 3.65. The SMILES string of the molecule is CCc1nn(CCCOC(=O)c2cccc(C(=O)O)c2)c2c1C(=O)NCCCOCCC2. The van der Waals surface area contributed by atoms with Gasteiger partial charge in [0.05, 0.1) is 34.7 Å². The second-order valence-corrected chi connectivity index (χ2v) is 7.55. The van der Waals surface area contributed by atoms with E-state index in [1.165, 1.54) is 24.3 Å². The highest BCUT2D eigenvalue weighted by molar-refractivity contribution is 5.96. The summed E-state index contributed by atoms with van der Waals surface area (Å²) < 4.78 is 12.7. The number of ether oxygens (including phenoxy) is 2. The average molecular weight is 444 g/mol. The minimum absolute atomic E-state index is 0.0338. The Balaban J connectivity index is 1.64. The van der Waals surface area contributed by atoms with E-state index in [9.17, 15) is 14.4 Å². The second kappa shape index (κ2) is 11.4. The Kier molecular flexibility index (Phi) is 8.38. The predicted molar refractivity (Wildman–Crippen MR) is 116 cm³/mol. The number of amides is 1. The van der Waals surface area contributed by atoms with Crippen LogP contribution in [0.2, 0.25) is 0 Å². The molecule has 2 N–H and O–H groups in total. The van der Waals surface area contributed by atoms with Crippen molar-refractivity contribution in [3.63, 3.8) is 0 Å². The lowest BCUT2D eigenvalue weighted by atomic mass is 10.1. The lowest BCUT2D eigenvalue weighted by Crippen LogP contribution is -2.26.